The molecule has 0 amide bonds. The van der Waals surface area contributed by atoms with Crippen LogP contribution in [-0.2, 0) is 16.6 Å². The van der Waals surface area contributed by atoms with Crippen molar-refractivity contribution >= 4 is 37.6 Å². The van der Waals surface area contributed by atoms with E-state index in [0.717, 1.165) is 10.0 Å². The van der Waals surface area contributed by atoms with Crippen LogP contribution in [0.25, 0.3) is 0 Å². The van der Waals surface area contributed by atoms with Crippen molar-refractivity contribution in [3.05, 3.63) is 33.3 Å². The topological polar surface area (TPSA) is 58.2 Å². The molecule has 1 rings (SSSR count). The number of halogens is 2. The number of benzene rings is 1. The molecule has 2 N–H and O–H groups in total. The van der Waals surface area contributed by atoms with E-state index >= 15 is 0 Å². The molecule has 0 heterocycles. The molecule has 0 aliphatic heterocycles. The Kier molecular flexibility index (Phi) is 6.59. The fourth-order valence-electron chi connectivity index (χ4n) is 1.40. The zero-order chi connectivity index (χ0) is 13.6. The lowest BCUT2D eigenvalue weighted by atomic mass is 10.2. The minimum atomic E-state index is -3.16. The van der Waals surface area contributed by atoms with Crippen LogP contribution in [0.2, 0.25) is 5.02 Å². The SMILES string of the molecule is CCNS(=O)(=O)CCNCc1cc(Br)ccc1Cl. The van der Waals surface area contributed by atoms with Gasteiger partial charge in [0.2, 0.25) is 10.0 Å². The molecule has 1 aromatic rings. The summed E-state index contributed by atoms with van der Waals surface area (Å²) in [5, 5.41) is 3.73. The smallest absolute Gasteiger partial charge is 0.212 e. The molecule has 0 radical (unpaired) electrons. The quantitative estimate of drug-likeness (QED) is 0.737. The largest absolute Gasteiger partial charge is 0.312 e. The minimum absolute atomic E-state index is 0.0620. The molecule has 0 aliphatic rings. The first-order chi connectivity index (χ1) is 8.44. The Bertz CT molecular complexity index is 494. The Balaban J connectivity index is 2.40. The van der Waals surface area contributed by atoms with Gasteiger partial charge in [-0.1, -0.05) is 34.5 Å². The summed E-state index contributed by atoms with van der Waals surface area (Å²) in [7, 11) is -3.16. The second-order valence-corrected chi connectivity index (χ2v) is 6.98. The zero-order valence-corrected chi connectivity index (χ0v) is 13.2. The third-order valence-electron chi connectivity index (χ3n) is 2.24. The highest BCUT2D eigenvalue weighted by Crippen LogP contribution is 2.20. The Morgan fingerprint density at radius 2 is 2.11 bits per heavy atom. The number of nitrogens with one attached hydrogen (secondary N) is 2. The van der Waals surface area contributed by atoms with Crippen molar-refractivity contribution in [2.75, 3.05) is 18.8 Å². The highest BCUT2D eigenvalue weighted by atomic mass is 79.9. The lowest BCUT2D eigenvalue weighted by molar-refractivity contribution is 0.579. The van der Waals surface area contributed by atoms with Crippen LogP contribution in [0.4, 0.5) is 0 Å². The van der Waals surface area contributed by atoms with Crippen LogP contribution in [-0.4, -0.2) is 27.3 Å². The van der Waals surface area contributed by atoms with Gasteiger partial charge >= 0.3 is 0 Å². The van der Waals surface area contributed by atoms with Crippen LogP contribution in [0.5, 0.6) is 0 Å². The van der Waals surface area contributed by atoms with E-state index in [1.54, 1.807) is 13.0 Å². The molecule has 0 saturated carbocycles. The number of sulfonamides is 1. The summed E-state index contributed by atoms with van der Waals surface area (Å²) in [6.07, 6.45) is 0. The number of hydrogen-bond donors (Lipinski definition) is 2. The fourth-order valence-corrected chi connectivity index (χ4v) is 2.99. The van der Waals surface area contributed by atoms with E-state index in [1.165, 1.54) is 0 Å². The van der Waals surface area contributed by atoms with E-state index in [0.29, 0.717) is 24.7 Å². The van der Waals surface area contributed by atoms with Crippen molar-refractivity contribution in [2.24, 2.45) is 0 Å². The Labute approximate surface area is 121 Å². The third kappa shape index (κ3) is 5.67. The van der Waals surface area contributed by atoms with Crippen LogP contribution >= 0.6 is 27.5 Å². The van der Waals surface area contributed by atoms with Crippen molar-refractivity contribution in [3.63, 3.8) is 0 Å². The van der Waals surface area contributed by atoms with Gasteiger partial charge in [-0.25, -0.2) is 13.1 Å². The minimum Gasteiger partial charge on any atom is -0.312 e. The standard InChI is InChI=1S/C11H16BrClN2O2S/c1-2-15-18(16,17)6-5-14-8-9-7-10(12)3-4-11(9)13/h3-4,7,14-15H,2,5-6,8H2,1H3. The van der Waals surface area contributed by atoms with Crippen LogP contribution in [0, 0.1) is 0 Å². The first-order valence-electron chi connectivity index (χ1n) is 5.56. The molecule has 0 spiro atoms. The first-order valence-corrected chi connectivity index (χ1v) is 8.39. The second-order valence-electron chi connectivity index (χ2n) is 3.73. The number of hydrogen-bond acceptors (Lipinski definition) is 3. The summed E-state index contributed by atoms with van der Waals surface area (Å²) >= 11 is 9.39. The summed E-state index contributed by atoms with van der Waals surface area (Å²) in [5.74, 6) is 0.0620. The third-order valence-corrected chi connectivity index (χ3v) is 4.57. The summed E-state index contributed by atoms with van der Waals surface area (Å²) in [5.41, 5.74) is 0.937. The van der Waals surface area contributed by atoms with Gasteiger partial charge in [-0.15, -0.1) is 0 Å². The van der Waals surface area contributed by atoms with E-state index in [2.05, 4.69) is 26.0 Å². The van der Waals surface area contributed by atoms with Gasteiger partial charge in [0.25, 0.3) is 0 Å². The monoisotopic (exact) mass is 354 g/mol. The van der Waals surface area contributed by atoms with E-state index in [1.807, 2.05) is 12.1 Å². The fraction of sp³-hybridized carbons (Fsp3) is 0.455. The van der Waals surface area contributed by atoms with Crippen LogP contribution in [0.15, 0.2) is 22.7 Å². The lowest BCUT2D eigenvalue weighted by Gasteiger charge is -2.08. The van der Waals surface area contributed by atoms with Crippen LogP contribution < -0.4 is 10.0 Å². The highest BCUT2D eigenvalue weighted by molar-refractivity contribution is 9.10. The van der Waals surface area contributed by atoms with Gasteiger partial charge in [-0.05, 0) is 23.8 Å². The Morgan fingerprint density at radius 1 is 1.39 bits per heavy atom. The number of rotatable bonds is 7. The first kappa shape index (κ1) is 15.9. The van der Waals surface area contributed by atoms with Gasteiger partial charge in [0.1, 0.15) is 0 Å². The average molecular weight is 356 g/mol. The van der Waals surface area contributed by atoms with Gasteiger partial charge in [-0.2, -0.15) is 0 Å². The highest BCUT2D eigenvalue weighted by Gasteiger charge is 2.07. The van der Waals surface area contributed by atoms with Crippen molar-refractivity contribution in [1.29, 1.82) is 0 Å². The molecule has 0 fully saturated rings. The van der Waals surface area contributed by atoms with Crippen molar-refractivity contribution in [3.8, 4) is 0 Å². The van der Waals surface area contributed by atoms with Gasteiger partial charge in [-0.3, -0.25) is 0 Å². The molecular formula is C11H16BrClN2O2S. The molecule has 4 nitrogen and oxygen atoms in total. The normalized spacial score (nSPS) is 11.7. The van der Waals surface area contributed by atoms with Gasteiger partial charge < -0.3 is 5.32 Å². The van der Waals surface area contributed by atoms with Gasteiger partial charge in [0.15, 0.2) is 0 Å². The van der Waals surface area contributed by atoms with E-state index in [4.69, 9.17) is 11.6 Å². The van der Waals surface area contributed by atoms with Crippen LogP contribution in [0.1, 0.15) is 12.5 Å². The molecule has 0 atom stereocenters. The van der Waals surface area contributed by atoms with E-state index in [-0.39, 0.29) is 5.75 Å². The van der Waals surface area contributed by atoms with Gasteiger partial charge in [0.05, 0.1) is 5.75 Å². The van der Waals surface area contributed by atoms with Gasteiger partial charge in [0, 0.05) is 29.1 Å². The molecule has 0 aromatic heterocycles. The van der Waals surface area contributed by atoms with E-state index in [9.17, 15) is 8.42 Å². The molecule has 0 unspecified atom stereocenters. The predicted octanol–water partition coefficient (Wildman–Crippen LogP) is 2.13. The molecule has 0 bridgehead atoms. The molecule has 0 saturated heterocycles. The second kappa shape index (κ2) is 7.45. The molecule has 7 heteroatoms. The van der Waals surface area contributed by atoms with E-state index < -0.39 is 10.0 Å². The lowest BCUT2D eigenvalue weighted by Crippen LogP contribution is -2.31. The Morgan fingerprint density at radius 3 is 2.78 bits per heavy atom. The molecular weight excluding hydrogens is 340 g/mol. The summed E-state index contributed by atoms with van der Waals surface area (Å²) in [6, 6.07) is 5.58. The molecule has 102 valence electrons. The Hall–Kier alpha value is -0.140. The maximum Gasteiger partial charge on any atom is 0.212 e. The molecule has 0 aliphatic carbocycles. The predicted molar refractivity (Wildman–Crippen MR) is 78.3 cm³/mol. The maximum absolute atomic E-state index is 11.4. The summed E-state index contributed by atoms with van der Waals surface area (Å²) in [6.45, 7) is 3.10. The molecule has 18 heavy (non-hydrogen) atoms. The molecule has 1 aromatic carbocycles. The maximum atomic E-state index is 11.4. The van der Waals surface area contributed by atoms with Crippen molar-refractivity contribution in [1.82, 2.24) is 10.0 Å². The summed E-state index contributed by atoms with van der Waals surface area (Å²) < 4.78 is 26.1. The average Bonchev–Trinajstić information content (AvgIpc) is 2.29. The zero-order valence-electron chi connectivity index (χ0n) is 10.0. The van der Waals surface area contributed by atoms with Crippen LogP contribution in [0.3, 0.4) is 0 Å². The summed E-state index contributed by atoms with van der Waals surface area (Å²) in [4.78, 5) is 0. The van der Waals surface area contributed by atoms with Crippen molar-refractivity contribution in [2.45, 2.75) is 13.5 Å². The van der Waals surface area contributed by atoms with Crippen molar-refractivity contribution < 1.29 is 8.42 Å².